The number of hydrogen-bond donors (Lipinski definition) is 2. The van der Waals surface area contributed by atoms with Gasteiger partial charge in [0.15, 0.2) is 0 Å². The summed E-state index contributed by atoms with van der Waals surface area (Å²) in [6, 6.07) is 3.38. The third-order valence-corrected chi connectivity index (χ3v) is 4.23. The van der Waals surface area contributed by atoms with Crippen LogP contribution in [0.1, 0.15) is 30.6 Å². The molecule has 0 bridgehead atoms. The maximum Gasteiger partial charge on any atom is 0.317 e. The van der Waals surface area contributed by atoms with Gasteiger partial charge in [-0.1, -0.05) is 13.8 Å². The quantitative estimate of drug-likeness (QED) is 0.828. The molecule has 1 aromatic heterocycles. The average molecular weight is 304 g/mol. The van der Waals surface area contributed by atoms with Gasteiger partial charge in [-0.15, -0.1) is 0 Å². The SMILES string of the molecule is C[C@@H]1CCN(C(=O)NCCNC(=O)c2cccnc2)C[C@H]1C. The van der Waals surface area contributed by atoms with Gasteiger partial charge in [-0.3, -0.25) is 9.78 Å². The Morgan fingerprint density at radius 3 is 2.73 bits per heavy atom. The molecule has 0 saturated carbocycles. The lowest BCUT2D eigenvalue weighted by Gasteiger charge is -2.35. The van der Waals surface area contributed by atoms with Gasteiger partial charge in [0.2, 0.25) is 0 Å². The second-order valence-electron chi connectivity index (χ2n) is 5.92. The molecule has 120 valence electrons. The van der Waals surface area contributed by atoms with Crippen LogP contribution in [0.15, 0.2) is 24.5 Å². The van der Waals surface area contributed by atoms with E-state index in [0.717, 1.165) is 19.5 Å². The Morgan fingerprint density at radius 2 is 2.05 bits per heavy atom. The molecule has 0 aliphatic carbocycles. The average Bonchev–Trinajstić information content (AvgIpc) is 2.54. The van der Waals surface area contributed by atoms with Crippen LogP contribution < -0.4 is 10.6 Å². The second-order valence-corrected chi connectivity index (χ2v) is 5.92. The van der Waals surface area contributed by atoms with E-state index in [1.807, 2.05) is 4.90 Å². The molecule has 1 aliphatic heterocycles. The molecule has 2 heterocycles. The lowest BCUT2D eigenvalue weighted by Crippen LogP contribution is -2.48. The van der Waals surface area contributed by atoms with E-state index < -0.39 is 0 Å². The summed E-state index contributed by atoms with van der Waals surface area (Å²) in [5, 5.41) is 5.61. The first kappa shape index (κ1) is 16.3. The fourth-order valence-electron chi connectivity index (χ4n) is 2.50. The number of urea groups is 1. The van der Waals surface area contributed by atoms with Gasteiger partial charge in [-0.2, -0.15) is 0 Å². The molecule has 1 aromatic rings. The number of carbonyl (C=O) groups is 2. The van der Waals surface area contributed by atoms with E-state index in [0.29, 0.717) is 30.5 Å². The molecule has 0 spiro atoms. The molecule has 0 radical (unpaired) electrons. The fourth-order valence-corrected chi connectivity index (χ4v) is 2.50. The van der Waals surface area contributed by atoms with Crippen LogP contribution in [-0.2, 0) is 0 Å². The zero-order chi connectivity index (χ0) is 15.9. The Bertz CT molecular complexity index is 506. The van der Waals surface area contributed by atoms with E-state index in [1.165, 1.54) is 6.20 Å². The second kappa shape index (κ2) is 7.77. The standard InChI is InChI=1S/C16H24N4O2/c1-12-5-9-20(11-13(12)2)16(22)19-8-7-18-15(21)14-4-3-6-17-10-14/h3-4,6,10,12-13H,5,7-9,11H2,1-2H3,(H,18,21)(H,19,22)/t12-,13-/m1/s1. The highest BCUT2D eigenvalue weighted by molar-refractivity contribution is 5.93. The minimum atomic E-state index is -0.178. The molecule has 1 fully saturated rings. The third-order valence-electron chi connectivity index (χ3n) is 4.23. The fraction of sp³-hybridized carbons (Fsp3) is 0.562. The number of hydrogen-bond acceptors (Lipinski definition) is 3. The molecule has 6 heteroatoms. The number of pyridine rings is 1. The summed E-state index contributed by atoms with van der Waals surface area (Å²) in [6.07, 6.45) is 4.19. The summed E-state index contributed by atoms with van der Waals surface area (Å²) in [4.78, 5) is 29.6. The lowest BCUT2D eigenvalue weighted by atomic mass is 9.89. The third kappa shape index (κ3) is 4.44. The zero-order valence-electron chi connectivity index (χ0n) is 13.2. The summed E-state index contributed by atoms with van der Waals surface area (Å²) in [6.45, 7) is 6.84. The lowest BCUT2D eigenvalue weighted by molar-refractivity contribution is 0.0952. The topological polar surface area (TPSA) is 74.3 Å². The Morgan fingerprint density at radius 1 is 1.27 bits per heavy atom. The van der Waals surface area contributed by atoms with Crippen molar-refractivity contribution < 1.29 is 9.59 Å². The molecule has 22 heavy (non-hydrogen) atoms. The molecule has 0 aromatic carbocycles. The molecule has 6 nitrogen and oxygen atoms in total. The van der Waals surface area contributed by atoms with Crippen LogP contribution >= 0.6 is 0 Å². The Balaban J connectivity index is 1.66. The van der Waals surface area contributed by atoms with E-state index in [2.05, 4.69) is 29.5 Å². The van der Waals surface area contributed by atoms with Crippen molar-refractivity contribution in [3.8, 4) is 0 Å². The number of nitrogens with one attached hydrogen (secondary N) is 2. The molecule has 1 aliphatic rings. The number of nitrogens with zero attached hydrogens (tertiary/aromatic N) is 2. The molecule has 2 rings (SSSR count). The monoisotopic (exact) mass is 304 g/mol. The van der Waals surface area contributed by atoms with Crippen molar-refractivity contribution in [2.75, 3.05) is 26.2 Å². The van der Waals surface area contributed by atoms with Crippen molar-refractivity contribution in [3.05, 3.63) is 30.1 Å². The Kier molecular flexibility index (Phi) is 5.75. The van der Waals surface area contributed by atoms with Crippen molar-refractivity contribution in [2.24, 2.45) is 11.8 Å². The van der Waals surface area contributed by atoms with Gasteiger partial charge in [-0.25, -0.2) is 4.79 Å². The van der Waals surface area contributed by atoms with Gasteiger partial charge in [0, 0.05) is 38.6 Å². The van der Waals surface area contributed by atoms with Crippen molar-refractivity contribution in [1.29, 1.82) is 0 Å². The van der Waals surface area contributed by atoms with Crippen LogP contribution in [-0.4, -0.2) is 48.0 Å². The van der Waals surface area contributed by atoms with Gasteiger partial charge in [-0.05, 0) is 30.4 Å². The Hall–Kier alpha value is -2.11. The van der Waals surface area contributed by atoms with Crippen molar-refractivity contribution >= 4 is 11.9 Å². The van der Waals surface area contributed by atoms with Crippen molar-refractivity contribution in [1.82, 2.24) is 20.5 Å². The van der Waals surface area contributed by atoms with Crippen LogP contribution in [0.2, 0.25) is 0 Å². The van der Waals surface area contributed by atoms with Crippen LogP contribution in [0.25, 0.3) is 0 Å². The van der Waals surface area contributed by atoms with Crippen LogP contribution in [0.3, 0.4) is 0 Å². The molecule has 0 unspecified atom stereocenters. The molecular formula is C16H24N4O2. The highest BCUT2D eigenvalue weighted by atomic mass is 16.2. The van der Waals surface area contributed by atoms with Gasteiger partial charge < -0.3 is 15.5 Å². The van der Waals surface area contributed by atoms with E-state index in [9.17, 15) is 9.59 Å². The molecular weight excluding hydrogens is 280 g/mol. The van der Waals surface area contributed by atoms with Crippen molar-refractivity contribution in [2.45, 2.75) is 20.3 Å². The number of amides is 3. The normalized spacial score (nSPS) is 21.3. The van der Waals surface area contributed by atoms with Gasteiger partial charge in [0.1, 0.15) is 0 Å². The van der Waals surface area contributed by atoms with E-state index in [1.54, 1.807) is 18.3 Å². The largest absolute Gasteiger partial charge is 0.350 e. The maximum absolute atomic E-state index is 12.1. The molecule has 2 N–H and O–H groups in total. The molecule has 1 saturated heterocycles. The number of likely N-dealkylation sites (tertiary alicyclic amines) is 1. The van der Waals surface area contributed by atoms with Crippen LogP contribution in [0.4, 0.5) is 4.79 Å². The van der Waals surface area contributed by atoms with E-state index >= 15 is 0 Å². The minimum absolute atomic E-state index is 0.0469. The van der Waals surface area contributed by atoms with Gasteiger partial charge >= 0.3 is 6.03 Å². The van der Waals surface area contributed by atoms with E-state index in [4.69, 9.17) is 0 Å². The smallest absolute Gasteiger partial charge is 0.317 e. The number of piperidine rings is 1. The summed E-state index contributed by atoms with van der Waals surface area (Å²) in [5.74, 6) is 1.02. The summed E-state index contributed by atoms with van der Waals surface area (Å²) >= 11 is 0. The first-order chi connectivity index (χ1) is 10.6. The molecule has 2 atom stereocenters. The van der Waals surface area contributed by atoms with Gasteiger partial charge in [0.25, 0.3) is 5.91 Å². The highest BCUT2D eigenvalue weighted by Gasteiger charge is 2.25. The highest BCUT2D eigenvalue weighted by Crippen LogP contribution is 2.22. The summed E-state index contributed by atoms with van der Waals surface area (Å²) in [5.41, 5.74) is 0.521. The number of aromatic nitrogens is 1. The number of rotatable bonds is 4. The first-order valence-electron chi connectivity index (χ1n) is 7.79. The van der Waals surface area contributed by atoms with Crippen molar-refractivity contribution in [3.63, 3.8) is 0 Å². The molecule has 3 amide bonds. The minimum Gasteiger partial charge on any atom is -0.350 e. The predicted molar refractivity (Wildman–Crippen MR) is 84.5 cm³/mol. The Labute approximate surface area is 131 Å². The number of carbonyl (C=O) groups excluding carboxylic acids is 2. The van der Waals surface area contributed by atoms with E-state index in [-0.39, 0.29) is 11.9 Å². The zero-order valence-corrected chi connectivity index (χ0v) is 13.2. The van der Waals surface area contributed by atoms with Crippen LogP contribution in [0, 0.1) is 11.8 Å². The summed E-state index contributed by atoms with van der Waals surface area (Å²) in [7, 11) is 0. The summed E-state index contributed by atoms with van der Waals surface area (Å²) < 4.78 is 0. The first-order valence-corrected chi connectivity index (χ1v) is 7.79. The van der Waals surface area contributed by atoms with Crippen LogP contribution in [0.5, 0.6) is 0 Å². The maximum atomic E-state index is 12.1. The van der Waals surface area contributed by atoms with Gasteiger partial charge in [0.05, 0.1) is 5.56 Å². The predicted octanol–water partition coefficient (Wildman–Crippen LogP) is 1.50.